The number of carbonyl (C=O) groups is 1. The van der Waals surface area contributed by atoms with Crippen LogP contribution < -0.4 is 0 Å². The van der Waals surface area contributed by atoms with Gasteiger partial charge in [0.05, 0.1) is 7.11 Å². The third-order valence-corrected chi connectivity index (χ3v) is 5.21. The van der Waals surface area contributed by atoms with Crippen molar-refractivity contribution in [2.45, 2.75) is 58.3 Å². The highest BCUT2D eigenvalue weighted by Crippen LogP contribution is 2.40. The number of hydrogen-bond donors (Lipinski definition) is 0. The van der Waals surface area contributed by atoms with Gasteiger partial charge in [0.25, 0.3) is 0 Å². The Labute approximate surface area is 140 Å². The van der Waals surface area contributed by atoms with Crippen molar-refractivity contribution in [3.05, 3.63) is 12.2 Å². The summed E-state index contributed by atoms with van der Waals surface area (Å²) in [5.41, 5.74) is 0. The summed E-state index contributed by atoms with van der Waals surface area (Å²) in [6.07, 6.45) is 6.96. The Hall–Kier alpha value is -1.07. The van der Waals surface area contributed by atoms with Crippen LogP contribution >= 0.6 is 0 Å². The Morgan fingerprint density at radius 3 is 2.48 bits per heavy atom. The van der Waals surface area contributed by atoms with Crippen LogP contribution in [0.5, 0.6) is 0 Å². The van der Waals surface area contributed by atoms with E-state index in [-0.39, 0.29) is 12.0 Å². The van der Waals surface area contributed by atoms with Gasteiger partial charge in [0, 0.05) is 20.1 Å². The minimum absolute atomic E-state index is 0.242. The lowest BCUT2D eigenvalue weighted by Gasteiger charge is -2.42. The zero-order valence-corrected chi connectivity index (χ0v) is 15.3. The fourth-order valence-electron chi connectivity index (χ4n) is 3.75. The van der Waals surface area contributed by atoms with Gasteiger partial charge in [-0.05, 0) is 50.5 Å². The van der Waals surface area contributed by atoms with Crippen molar-refractivity contribution in [3.63, 3.8) is 0 Å². The molecule has 0 aromatic heterocycles. The Balaban J connectivity index is 2.91. The highest BCUT2D eigenvalue weighted by atomic mass is 16.7. The molecule has 23 heavy (non-hydrogen) atoms. The van der Waals surface area contributed by atoms with Gasteiger partial charge in [0.15, 0.2) is 5.79 Å². The molecule has 4 unspecified atom stereocenters. The summed E-state index contributed by atoms with van der Waals surface area (Å²) in [6.45, 7) is 6.39. The van der Waals surface area contributed by atoms with E-state index in [1.165, 1.54) is 7.11 Å². The highest BCUT2D eigenvalue weighted by molar-refractivity contribution is 5.60. The van der Waals surface area contributed by atoms with E-state index in [2.05, 4.69) is 24.7 Å². The second kappa shape index (κ2) is 9.28. The van der Waals surface area contributed by atoms with Gasteiger partial charge >= 0.3 is 6.16 Å². The predicted octanol–water partition coefficient (Wildman–Crippen LogP) is 4.17. The third-order valence-electron chi connectivity index (χ3n) is 5.21. The number of hydrogen-bond acceptors (Lipinski definition) is 5. The second-order valence-electron chi connectivity index (χ2n) is 6.43. The number of ether oxygens (including phenoxy) is 4. The SMILES string of the molecule is CCC(C1CC/C=C/C(OC(=O)OC)CC1C)C(C)(OC)OC. The van der Waals surface area contributed by atoms with Crippen molar-refractivity contribution in [3.8, 4) is 0 Å². The standard InChI is InChI=1S/C18H32O5/c1-7-16(18(3,21-5)22-6)15-11-9-8-10-14(12-13(15)2)23-17(19)20-4/h8,10,13-16H,7,9,11-12H2,1-6H3/b10-8+. The van der Waals surface area contributed by atoms with E-state index in [0.29, 0.717) is 11.8 Å². The van der Waals surface area contributed by atoms with Gasteiger partial charge < -0.3 is 18.9 Å². The molecule has 0 radical (unpaired) electrons. The first-order valence-corrected chi connectivity index (χ1v) is 8.43. The lowest BCUT2D eigenvalue weighted by atomic mass is 9.72. The van der Waals surface area contributed by atoms with Crippen molar-refractivity contribution >= 4 is 6.16 Å². The molecule has 0 amide bonds. The minimum atomic E-state index is -0.630. The summed E-state index contributed by atoms with van der Waals surface area (Å²) in [6, 6.07) is 0. The second-order valence-corrected chi connectivity index (χ2v) is 6.43. The van der Waals surface area contributed by atoms with Gasteiger partial charge in [-0.25, -0.2) is 4.79 Å². The molecule has 134 valence electrons. The molecule has 0 N–H and O–H groups in total. The average Bonchev–Trinajstić information content (AvgIpc) is 2.54. The first-order valence-electron chi connectivity index (χ1n) is 8.43. The van der Waals surface area contributed by atoms with Crippen molar-refractivity contribution < 1.29 is 23.7 Å². The lowest BCUT2D eigenvalue weighted by Crippen LogP contribution is -2.44. The topological polar surface area (TPSA) is 54.0 Å². The van der Waals surface area contributed by atoms with Crippen LogP contribution in [0.2, 0.25) is 0 Å². The Morgan fingerprint density at radius 1 is 1.30 bits per heavy atom. The normalized spacial score (nSPS) is 28.3. The fraction of sp³-hybridized carbons (Fsp3) is 0.833. The molecule has 0 saturated carbocycles. The van der Waals surface area contributed by atoms with Crippen LogP contribution in [0.15, 0.2) is 12.2 Å². The first kappa shape index (κ1) is 20.0. The molecule has 0 aliphatic heterocycles. The monoisotopic (exact) mass is 328 g/mol. The summed E-state index contributed by atoms with van der Waals surface area (Å²) in [4.78, 5) is 11.4. The zero-order chi connectivity index (χ0) is 17.5. The molecule has 5 heteroatoms. The van der Waals surface area contributed by atoms with Crippen LogP contribution in [0.4, 0.5) is 4.79 Å². The van der Waals surface area contributed by atoms with E-state index in [4.69, 9.17) is 14.2 Å². The summed E-state index contributed by atoms with van der Waals surface area (Å²) in [5, 5.41) is 0. The molecule has 1 aliphatic rings. The van der Waals surface area contributed by atoms with E-state index in [9.17, 15) is 4.79 Å². The van der Waals surface area contributed by atoms with E-state index in [1.54, 1.807) is 14.2 Å². The number of carbonyl (C=O) groups excluding carboxylic acids is 1. The molecule has 0 heterocycles. The van der Waals surface area contributed by atoms with Crippen LogP contribution in [-0.2, 0) is 18.9 Å². The Morgan fingerprint density at radius 2 is 1.96 bits per heavy atom. The van der Waals surface area contributed by atoms with Gasteiger partial charge in [-0.1, -0.05) is 19.9 Å². The molecule has 0 bridgehead atoms. The lowest BCUT2D eigenvalue weighted by molar-refractivity contribution is -0.242. The molecule has 0 aromatic rings. The predicted molar refractivity (Wildman–Crippen MR) is 89.1 cm³/mol. The zero-order valence-electron chi connectivity index (χ0n) is 15.3. The summed E-state index contributed by atoms with van der Waals surface area (Å²) < 4.78 is 21.3. The molecule has 0 aromatic carbocycles. The Kier molecular flexibility index (Phi) is 8.06. The van der Waals surface area contributed by atoms with E-state index in [0.717, 1.165) is 25.7 Å². The van der Waals surface area contributed by atoms with Crippen molar-refractivity contribution in [1.29, 1.82) is 0 Å². The van der Waals surface area contributed by atoms with Gasteiger partial charge in [0.2, 0.25) is 0 Å². The smallest absolute Gasteiger partial charge is 0.438 e. The molecule has 5 nitrogen and oxygen atoms in total. The van der Waals surface area contributed by atoms with Crippen LogP contribution in [0.3, 0.4) is 0 Å². The molecule has 0 saturated heterocycles. The maximum Gasteiger partial charge on any atom is 0.508 e. The van der Waals surface area contributed by atoms with E-state index < -0.39 is 11.9 Å². The minimum Gasteiger partial charge on any atom is -0.438 e. The average molecular weight is 328 g/mol. The first-order chi connectivity index (χ1) is 10.9. The quantitative estimate of drug-likeness (QED) is 0.416. The van der Waals surface area contributed by atoms with E-state index in [1.807, 2.05) is 13.0 Å². The van der Waals surface area contributed by atoms with Crippen molar-refractivity contribution in [2.75, 3.05) is 21.3 Å². The summed E-state index contributed by atoms with van der Waals surface area (Å²) >= 11 is 0. The fourth-order valence-corrected chi connectivity index (χ4v) is 3.75. The molecule has 1 aliphatic carbocycles. The van der Waals surface area contributed by atoms with Gasteiger partial charge in [-0.3, -0.25) is 0 Å². The van der Waals surface area contributed by atoms with Crippen molar-refractivity contribution in [2.24, 2.45) is 17.8 Å². The maximum absolute atomic E-state index is 11.4. The van der Waals surface area contributed by atoms with Crippen LogP contribution in [-0.4, -0.2) is 39.4 Å². The largest absolute Gasteiger partial charge is 0.508 e. The molecular weight excluding hydrogens is 296 g/mol. The molecule has 4 atom stereocenters. The van der Waals surface area contributed by atoms with Crippen LogP contribution in [0.25, 0.3) is 0 Å². The van der Waals surface area contributed by atoms with Gasteiger partial charge in [0.1, 0.15) is 6.10 Å². The Bertz CT molecular complexity index is 389. The van der Waals surface area contributed by atoms with Crippen LogP contribution in [0.1, 0.15) is 46.5 Å². The molecule has 1 rings (SSSR count). The maximum atomic E-state index is 11.4. The van der Waals surface area contributed by atoms with Crippen molar-refractivity contribution in [1.82, 2.24) is 0 Å². The third kappa shape index (κ3) is 5.21. The molecule has 0 fully saturated rings. The number of methoxy groups -OCH3 is 3. The number of rotatable bonds is 6. The van der Waals surface area contributed by atoms with Crippen LogP contribution in [0, 0.1) is 17.8 Å². The molecular formula is C18H32O5. The van der Waals surface area contributed by atoms with Gasteiger partial charge in [-0.2, -0.15) is 0 Å². The van der Waals surface area contributed by atoms with E-state index >= 15 is 0 Å². The van der Waals surface area contributed by atoms with Gasteiger partial charge in [-0.15, -0.1) is 0 Å². The number of allylic oxidation sites excluding steroid dienone is 1. The summed E-state index contributed by atoms with van der Waals surface area (Å²) in [5.74, 6) is 0.482. The molecule has 0 spiro atoms. The summed E-state index contributed by atoms with van der Waals surface area (Å²) in [7, 11) is 4.72. The highest BCUT2D eigenvalue weighted by Gasteiger charge is 2.41.